The first-order valence-corrected chi connectivity index (χ1v) is 7.00. The fourth-order valence-electron chi connectivity index (χ4n) is 2.27. The molecule has 102 valence electrons. The quantitative estimate of drug-likeness (QED) is 0.909. The van der Waals surface area contributed by atoms with Crippen LogP contribution in [-0.4, -0.2) is 9.55 Å². The second-order valence-corrected chi connectivity index (χ2v) is 5.35. The maximum Gasteiger partial charge on any atom is 0.110 e. The van der Waals surface area contributed by atoms with Gasteiger partial charge in [-0.05, 0) is 36.6 Å². The third kappa shape index (κ3) is 3.58. The first-order chi connectivity index (χ1) is 9.10. The van der Waals surface area contributed by atoms with Crippen molar-refractivity contribution in [3.63, 3.8) is 0 Å². The van der Waals surface area contributed by atoms with E-state index in [9.17, 15) is 0 Å². The number of rotatable bonds is 5. The summed E-state index contributed by atoms with van der Waals surface area (Å²) >= 11 is 6.08. The molecule has 1 unspecified atom stereocenters. The number of nitrogens with two attached hydrogens (primary N) is 1. The Balaban J connectivity index is 2.15. The summed E-state index contributed by atoms with van der Waals surface area (Å²) in [5, 5.41) is 0.738. The van der Waals surface area contributed by atoms with E-state index >= 15 is 0 Å². The second-order valence-electron chi connectivity index (χ2n) is 4.91. The van der Waals surface area contributed by atoms with Crippen LogP contribution in [0.5, 0.6) is 0 Å². The van der Waals surface area contributed by atoms with Crippen LogP contribution in [0.15, 0.2) is 30.6 Å². The highest BCUT2D eigenvalue weighted by molar-refractivity contribution is 6.30. The molecule has 19 heavy (non-hydrogen) atoms. The molecule has 1 heterocycles. The number of benzene rings is 1. The van der Waals surface area contributed by atoms with E-state index < -0.39 is 0 Å². The molecule has 0 aliphatic rings. The van der Waals surface area contributed by atoms with Crippen molar-refractivity contribution in [1.29, 1.82) is 0 Å². The van der Waals surface area contributed by atoms with Gasteiger partial charge in [0.1, 0.15) is 5.82 Å². The van der Waals surface area contributed by atoms with Crippen LogP contribution in [0.2, 0.25) is 5.02 Å². The average Bonchev–Trinajstić information content (AvgIpc) is 2.76. The van der Waals surface area contributed by atoms with Crippen molar-refractivity contribution in [1.82, 2.24) is 9.55 Å². The minimum Gasteiger partial charge on any atom is -0.335 e. The number of imidazole rings is 1. The maximum absolute atomic E-state index is 6.28. The van der Waals surface area contributed by atoms with E-state index in [-0.39, 0.29) is 6.04 Å². The van der Waals surface area contributed by atoms with E-state index in [1.165, 1.54) is 0 Å². The Morgan fingerprint density at radius 3 is 2.84 bits per heavy atom. The molecule has 0 amide bonds. The van der Waals surface area contributed by atoms with E-state index in [4.69, 9.17) is 17.3 Å². The summed E-state index contributed by atoms with van der Waals surface area (Å²) in [5.74, 6) is 1.03. The molecule has 1 atom stereocenters. The van der Waals surface area contributed by atoms with Crippen LogP contribution in [0.4, 0.5) is 0 Å². The molecule has 2 aromatic rings. The van der Waals surface area contributed by atoms with Gasteiger partial charge in [-0.3, -0.25) is 0 Å². The van der Waals surface area contributed by atoms with Crippen molar-refractivity contribution in [3.05, 3.63) is 52.6 Å². The lowest BCUT2D eigenvalue weighted by Crippen LogP contribution is -2.16. The van der Waals surface area contributed by atoms with Gasteiger partial charge in [0.2, 0.25) is 0 Å². The second kappa shape index (κ2) is 6.22. The zero-order valence-corrected chi connectivity index (χ0v) is 12.2. The molecule has 1 aromatic carbocycles. The van der Waals surface area contributed by atoms with Crippen molar-refractivity contribution in [2.45, 2.75) is 39.3 Å². The number of halogens is 1. The highest BCUT2D eigenvalue weighted by Crippen LogP contribution is 2.21. The fraction of sp³-hybridized carbons (Fsp3) is 0.400. The minimum absolute atomic E-state index is 0.0737. The number of aromatic nitrogens is 2. The average molecular weight is 278 g/mol. The third-order valence-corrected chi connectivity index (χ3v) is 3.38. The predicted octanol–water partition coefficient (Wildman–Crippen LogP) is 3.50. The van der Waals surface area contributed by atoms with Gasteiger partial charge < -0.3 is 10.3 Å². The molecule has 1 aromatic heterocycles. The van der Waals surface area contributed by atoms with Crippen molar-refractivity contribution < 1.29 is 0 Å². The molecule has 0 aliphatic carbocycles. The highest BCUT2D eigenvalue weighted by atomic mass is 35.5. The van der Waals surface area contributed by atoms with Crippen molar-refractivity contribution in [3.8, 4) is 0 Å². The van der Waals surface area contributed by atoms with Crippen LogP contribution in [0, 0.1) is 6.92 Å². The predicted molar refractivity (Wildman–Crippen MR) is 79.3 cm³/mol. The number of nitrogens with zero attached hydrogens (tertiary/aromatic N) is 2. The van der Waals surface area contributed by atoms with Gasteiger partial charge in [0.15, 0.2) is 0 Å². The molecule has 2 rings (SSSR count). The number of hydrogen-bond acceptors (Lipinski definition) is 2. The molecule has 0 saturated heterocycles. The molecule has 4 heteroatoms. The van der Waals surface area contributed by atoms with E-state index in [1.54, 1.807) is 0 Å². The number of hydrogen-bond donors (Lipinski definition) is 1. The van der Waals surface area contributed by atoms with Gasteiger partial charge in [0, 0.05) is 36.4 Å². The lowest BCUT2D eigenvalue weighted by Gasteiger charge is -2.14. The van der Waals surface area contributed by atoms with Crippen molar-refractivity contribution in [2.75, 3.05) is 0 Å². The smallest absolute Gasteiger partial charge is 0.110 e. The Morgan fingerprint density at radius 2 is 2.16 bits per heavy atom. The Kier molecular flexibility index (Phi) is 4.61. The van der Waals surface area contributed by atoms with Crippen molar-refractivity contribution in [2.24, 2.45) is 5.73 Å². The summed E-state index contributed by atoms with van der Waals surface area (Å²) in [6, 6.07) is 5.89. The molecule has 0 bridgehead atoms. The zero-order chi connectivity index (χ0) is 13.8. The SMILES string of the molecule is CCCn1ccnc1CC(N)c1cc(C)cc(Cl)c1. The van der Waals surface area contributed by atoms with Gasteiger partial charge in [-0.25, -0.2) is 4.98 Å². The Labute approximate surface area is 119 Å². The van der Waals surface area contributed by atoms with Gasteiger partial charge in [-0.15, -0.1) is 0 Å². The largest absolute Gasteiger partial charge is 0.335 e. The van der Waals surface area contributed by atoms with Crippen LogP contribution >= 0.6 is 11.6 Å². The van der Waals surface area contributed by atoms with Crippen LogP contribution < -0.4 is 5.73 Å². The molecular formula is C15H20ClN3. The minimum atomic E-state index is -0.0737. The lowest BCUT2D eigenvalue weighted by molar-refractivity contribution is 0.598. The number of aryl methyl sites for hydroxylation is 2. The topological polar surface area (TPSA) is 43.8 Å². The summed E-state index contributed by atoms with van der Waals surface area (Å²) in [5.41, 5.74) is 8.48. The Hall–Kier alpha value is -1.32. The van der Waals surface area contributed by atoms with Crippen LogP contribution in [0.3, 0.4) is 0 Å². The molecule has 0 radical (unpaired) electrons. The fourth-order valence-corrected chi connectivity index (χ4v) is 2.57. The summed E-state index contributed by atoms with van der Waals surface area (Å²) in [7, 11) is 0. The van der Waals surface area contributed by atoms with Gasteiger partial charge in [-0.1, -0.05) is 24.6 Å². The first kappa shape index (κ1) is 14.1. The summed E-state index contributed by atoms with van der Waals surface area (Å²) < 4.78 is 2.16. The van der Waals surface area contributed by atoms with E-state index in [1.807, 2.05) is 31.5 Å². The Bertz CT molecular complexity index is 528. The first-order valence-electron chi connectivity index (χ1n) is 6.63. The highest BCUT2D eigenvalue weighted by Gasteiger charge is 2.12. The molecule has 2 N–H and O–H groups in total. The van der Waals surface area contributed by atoms with Crippen LogP contribution in [0.25, 0.3) is 0 Å². The molecule has 0 spiro atoms. The van der Waals surface area contributed by atoms with Crippen LogP contribution in [-0.2, 0) is 13.0 Å². The van der Waals surface area contributed by atoms with E-state index in [0.29, 0.717) is 0 Å². The van der Waals surface area contributed by atoms with Gasteiger partial charge in [-0.2, -0.15) is 0 Å². The third-order valence-electron chi connectivity index (χ3n) is 3.16. The standard InChI is InChI=1S/C15H20ClN3/c1-3-5-19-6-4-18-15(19)10-14(17)12-7-11(2)8-13(16)9-12/h4,6-9,14H,3,5,10,17H2,1-2H3. The summed E-state index contributed by atoms with van der Waals surface area (Å²) in [6.45, 7) is 5.17. The molecular weight excluding hydrogens is 258 g/mol. The van der Waals surface area contributed by atoms with E-state index in [2.05, 4.69) is 22.5 Å². The summed E-state index contributed by atoms with van der Waals surface area (Å²) in [4.78, 5) is 4.40. The Morgan fingerprint density at radius 1 is 1.37 bits per heavy atom. The van der Waals surface area contributed by atoms with Gasteiger partial charge in [0.25, 0.3) is 0 Å². The normalized spacial score (nSPS) is 12.6. The molecule has 0 fully saturated rings. The molecule has 0 saturated carbocycles. The summed E-state index contributed by atoms with van der Waals surface area (Å²) in [6.07, 6.45) is 5.66. The maximum atomic E-state index is 6.28. The van der Waals surface area contributed by atoms with Gasteiger partial charge in [0.05, 0.1) is 0 Å². The van der Waals surface area contributed by atoms with Crippen LogP contribution in [0.1, 0.15) is 36.3 Å². The van der Waals surface area contributed by atoms with E-state index in [0.717, 1.165) is 41.4 Å². The van der Waals surface area contributed by atoms with Crippen molar-refractivity contribution >= 4 is 11.6 Å². The molecule has 3 nitrogen and oxygen atoms in total. The monoisotopic (exact) mass is 277 g/mol. The lowest BCUT2D eigenvalue weighted by atomic mass is 10.0. The molecule has 0 aliphatic heterocycles. The zero-order valence-electron chi connectivity index (χ0n) is 11.4. The van der Waals surface area contributed by atoms with Gasteiger partial charge >= 0.3 is 0 Å².